The largest absolute Gasteiger partial charge is 0.481 e. The fourth-order valence-corrected chi connectivity index (χ4v) is 3.91. The summed E-state index contributed by atoms with van der Waals surface area (Å²) in [5, 5.41) is 24.0. The molecule has 1 aromatic heterocycles. The minimum absolute atomic E-state index is 0.188. The van der Waals surface area contributed by atoms with Crippen LogP contribution < -0.4 is 5.32 Å². The molecule has 7 heteroatoms. The molecule has 1 aromatic carbocycles. The molecule has 3 rings (SSSR count). The first-order valence-electron chi connectivity index (χ1n) is 7.25. The standard InChI is InChI=1S/C16H16N2O4S/c19-13(20)6-10-11(7-17-14(10)16(21)22)12-8-23-15(18-12)9-4-2-1-3-5-9/h1-5,8,10-11,14,17H,6-7H2,(H,19,20)(H,21,22)/t10-,11-,14-/m0/s1. The Balaban J connectivity index is 1.87. The fourth-order valence-electron chi connectivity index (χ4n) is 3.01. The predicted molar refractivity (Wildman–Crippen MR) is 85.5 cm³/mol. The molecule has 1 aliphatic heterocycles. The number of aromatic nitrogens is 1. The minimum atomic E-state index is -1.02. The molecule has 0 saturated carbocycles. The summed E-state index contributed by atoms with van der Waals surface area (Å²) in [6, 6.07) is 8.87. The molecule has 3 N–H and O–H groups in total. The van der Waals surface area contributed by atoms with Gasteiger partial charge in [0.2, 0.25) is 0 Å². The van der Waals surface area contributed by atoms with Crippen LogP contribution in [-0.2, 0) is 9.59 Å². The van der Waals surface area contributed by atoms with Crippen LogP contribution in [0.3, 0.4) is 0 Å². The van der Waals surface area contributed by atoms with E-state index in [4.69, 9.17) is 5.11 Å². The lowest BCUT2D eigenvalue weighted by molar-refractivity contribution is -0.142. The number of carbonyl (C=O) groups is 2. The Morgan fingerprint density at radius 2 is 2.00 bits per heavy atom. The summed E-state index contributed by atoms with van der Waals surface area (Å²) in [4.78, 5) is 27.0. The van der Waals surface area contributed by atoms with Gasteiger partial charge in [-0.2, -0.15) is 0 Å². The number of thiazole rings is 1. The normalized spacial score (nSPS) is 23.7. The molecular formula is C16H16N2O4S. The van der Waals surface area contributed by atoms with Gasteiger partial charge in [-0.15, -0.1) is 11.3 Å². The van der Waals surface area contributed by atoms with Crippen molar-refractivity contribution in [2.24, 2.45) is 5.92 Å². The first-order valence-corrected chi connectivity index (χ1v) is 8.13. The van der Waals surface area contributed by atoms with Gasteiger partial charge in [0.05, 0.1) is 12.1 Å². The summed E-state index contributed by atoms with van der Waals surface area (Å²) in [5.74, 6) is -2.72. The lowest BCUT2D eigenvalue weighted by atomic mass is 9.86. The number of aliphatic carboxylic acids is 2. The number of carboxylic acids is 2. The second kappa shape index (κ2) is 6.47. The van der Waals surface area contributed by atoms with Crippen LogP contribution in [0.4, 0.5) is 0 Å². The van der Waals surface area contributed by atoms with E-state index in [1.165, 1.54) is 11.3 Å². The van der Waals surface area contributed by atoms with Crippen LogP contribution in [0.25, 0.3) is 10.6 Å². The highest BCUT2D eigenvalue weighted by molar-refractivity contribution is 7.13. The van der Waals surface area contributed by atoms with E-state index in [1.54, 1.807) is 0 Å². The van der Waals surface area contributed by atoms with Gasteiger partial charge < -0.3 is 15.5 Å². The Labute approximate surface area is 136 Å². The quantitative estimate of drug-likeness (QED) is 0.775. The Kier molecular flexibility index (Phi) is 4.40. The minimum Gasteiger partial charge on any atom is -0.481 e. The molecule has 0 spiro atoms. The maximum Gasteiger partial charge on any atom is 0.321 e. The monoisotopic (exact) mass is 332 g/mol. The van der Waals surface area contributed by atoms with E-state index in [9.17, 15) is 14.7 Å². The van der Waals surface area contributed by atoms with Gasteiger partial charge in [0, 0.05) is 29.3 Å². The van der Waals surface area contributed by atoms with E-state index in [0.29, 0.717) is 6.54 Å². The summed E-state index contributed by atoms with van der Waals surface area (Å²) >= 11 is 1.49. The first kappa shape index (κ1) is 15.6. The molecule has 1 fully saturated rings. The smallest absolute Gasteiger partial charge is 0.321 e. The third-order valence-electron chi connectivity index (χ3n) is 4.10. The maximum absolute atomic E-state index is 11.3. The first-order chi connectivity index (χ1) is 11.1. The Bertz CT molecular complexity index is 716. The Morgan fingerprint density at radius 1 is 1.26 bits per heavy atom. The highest BCUT2D eigenvalue weighted by Crippen LogP contribution is 2.36. The van der Waals surface area contributed by atoms with Gasteiger partial charge in [-0.25, -0.2) is 4.98 Å². The molecule has 120 valence electrons. The molecule has 1 saturated heterocycles. The number of benzene rings is 1. The van der Waals surface area contributed by atoms with E-state index >= 15 is 0 Å². The molecule has 1 aliphatic rings. The predicted octanol–water partition coefficient (Wildman–Crippen LogP) is 2.04. The number of nitrogens with one attached hydrogen (secondary N) is 1. The van der Waals surface area contributed by atoms with Crippen LogP contribution in [0.2, 0.25) is 0 Å². The van der Waals surface area contributed by atoms with Crippen LogP contribution in [0, 0.1) is 5.92 Å². The van der Waals surface area contributed by atoms with Gasteiger partial charge in [-0.3, -0.25) is 9.59 Å². The third-order valence-corrected chi connectivity index (χ3v) is 5.01. The zero-order valence-corrected chi connectivity index (χ0v) is 13.0. The van der Waals surface area contributed by atoms with E-state index in [-0.39, 0.29) is 12.3 Å². The van der Waals surface area contributed by atoms with Crippen LogP contribution in [0.15, 0.2) is 35.7 Å². The summed E-state index contributed by atoms with van der Waals surface area (Å²) < 4.78 is 0. The second-order valence-electron chi connectivity index (χ2n) is 5.54. The van der Waals surface area contributed by atoms with E-state index in [1.807, 2.05) is 35.7 Å². The highest BCUT2D eigenvalue weighted by Gasteiger charge is 2.42. The van der Waals surface area contributed by atoms with Gasteiger partial charge in [-0.05, 0) is 0 Å². The van der Waals surface area contributed by atoms with Crippen molar-refractivity contribution in [1.29, 1.82) is 0 Å². The number of hydrogen-bond acceptors (Lipinski definition) is 5. The van der Waals surface area contributed by atoms with Crippen LogP contribution in [0.5, 0.6) is 0 Å². The van der Waals surface area contributed by atoms with Crippen LogP contribution in [0.1, 0.15) is 18.0 Å². The Morgan fingerprint density at radius 3 is 2.65 bits per heavy atom. The van der Waals surface area contributed by atoms with Gasteiger partial charge >= 0.3 is 11.9 Å². The maximum atomic E-state index is 11.3. The summed E-state index contributed by atoms with van der Waals surface area (Å²) in [5.41, 5.74) is 1.76. The van der Waals surface area contributed by atoms with Crippen molar-refractivity contribution in [3.05, 3.63) is 41.4 Å². The van der Waals surface area contributed by atoms with Crippen molar-refractivity contribution in [1.82, 2.24) is 10.3 Å². The van der Waals surface area contributed by atoms with Crippen LogP contribution >= 0.6 is 11.3 Å². The van der Waals surface area contributed by atoms with Gasteiger partial charge in [0.1, 0.15) is 11.0 Å². The van der Waals surface area contributed by atoms with E-state index in [2.05, 4.69) is 10.3 Å². The van der Waals surface area contributed by atoms with Gasteiger partial charge in [0.25, 0.3) is 0 Å². The van der Waals surface area contributed by atoms with Gasteiger partial charge in [-0.1, -0.05) is 30.3 Å². The molecule has 0 aliphatic carbocycles. The molecule has 0 unspecified atom stereocenters. The lowest BCUT2D eigenvalue weighted by Crippen LogP contribution is -2.36. The number of nitrogens with zero attached hydrogens (tertiary/aromatic N) is 1. The Hall–Kier alpha value is -2.25. The second-order valence-corrected chi connectivity index (χ2v) is 6.39. The fraction of sp³-hybridized carbons (Fsp3) is 0.312. The van der Waals surface area contributed by atoms with Gasteiger partial charge in [0.15, 0.2) is 0 Å². The zero-order chi connectivity index (χ0) is 16.4. The molecule has 6 nitrogen and oxygen atoms in total. The molecule has 2 heterocycles. The molecular weight excluding hydrogens is 316 g/mol. The molecule has 3 atom stereocenters. The molecule has 0 bridgehead atoms. The summed E-state index contributed by atoms with van der Waals surface area (Å²) in [6.07, 6.45) is -0.188. The summed E-state index contributed by atoms with van der Waals surface area (Å²) in [6.45, 7) is 0.423. The van der Waals surface area contributed by atoms with Crippen LogP contribution in [-0.4, -0.2) is 39.7 Å². The van der Waals surface area contributed by atoms with Crippen molar-refractivity contribution in [3.8, 4) is 10.6 Å². The van der Waals surface area contributed by atoms with Crippen molar-refractivity contribution >= 4 is 23.3 Å². The van der Waals surface area contributed by atoms with Crippen molar-refractivity contribution in [2.45, 2.75) is 18.4 Å². The van der Waals surface area contributed by atoms with Crippen molar-refractivity contribution in [3.63, 3.8) is 0 Å². The zero-order valence-electron chi connectivity index (χ0n) is 12.2. The van der Waals surface area contributed by atoms with E-state index in [0.717, 1.165) is 16.3 Å². The SMILES string of the molecule is O=C(O)C[C@@H]1[C@@H](C(=O)O)NC[C@@H]1c1csc(-c2ccccc2)n1. The molecule has 23 heavy (non-hydrogen) atoms. The summed E-state index contributed by atoms with van der Waals surface area (Å²) in [7, 11) is 0. The third kappa shape index (κ3) is 3.25. The average molecular weight is 332 g/mol. The molecule has 0 amide bonds. The highest BCUT2D eigenvalue weighted by atomic mass is 32.1. The van der Waals surface area contributed by atoms with E-state index < -0.39 is 23.9 Å². The number of rotatable bonds is 5. The topological polar surface area (TPSA) is 99.5 Å². The molecule has 0 radical (unpaired) electrons. The average Bonchev–Trinajstić information content (AvgIpc) is 3.14. The van der Waals surface area contributed by atoms with Crippen molar-refractivity contribution < 1.29 is 19.8 Å². The number of hydrogen-bond donors (Lipinski definition) is 3. The molecule has 2 aromatic rings. The lowest BCUT2D eigenvalue weighted by Gasteiger charge is -2.18. The van der Waals surface area contributed by atoms with Crippen molar-refractivity contribution in [2.75, 3.05) is 6.54 Å². The number of carboxylic acid groups (broad SMARTS) is 2.